The Morgan fingerprint density at radius 3 is 2.82 bits per heavy atom. The zero-order valence-corrected chi connectivity index (χ0v) is 6.84. The van der Waals surface area contributed by atoms with Gasteiger partial charge in [-0.05, 0) is 25.3 Å². The average Bonchev–Trinajstić information content (AvgIpc) is 2.13. The third-order valence-electron chi connectivity index (χ3n) is 2.06. The van der Waals surface area contributed by atoms with E-state index in [9.17, 15) is 9.90 Å². The molecule has 0 aliphatic heterocycles. The zero-order valence-electron chi connectivity index (χ0n) is 6.84. The van der Waals surface area contributed by atoms with Crippen molar-refractivity contribution in [2.45, 2.75) is 38.7 Å². The van der Waals surface area contributed by atoms with E-state index in [4.69, 9.17) is 0 Å². The van der Waals surface area contributed by atoms with Crippen molar-refractivity contribution in [3.8, 4) is 0 Å². The predicted octanol–water partition coefficient (Wildman–Crippen LogP) is 1.44. The van der Waals surface area contributed by atoms with Crippen LogP contribution >= 0.6 is 0 Å². The van der Waals surface area contributed by atoms with Gasteiger partial charge in [-0.25, -0.2) is 0 Å². The number of carbonyl (C=O) groups is 1. The van der Waals surface area contributed by atoms with Crippen LogP contribution in [0.5, 0.6) is 0 Å². The maximum absolute atomic E-state index is 10.9. The Morgan fingerprint density at radius 1 is 1.45 bits per heavy atom. The number of rotatable bonds is 1. The van der Waals surface area contributed by atoms with Gasteiger partial charge in [-0.3, -0.25) is 4.79 Å². The summed E-state index contributed by atoms with van der Waals surface area (Å²) in [6.07, 6.45) is 4.43. The largest absolute Gasteiger partial charge is 0.389 e. The lowest BCUT2D eigenvalue weighted by molar-refractivity contribution is -0.118. The van der Waals surface area contributed by atoms with E-state index in [0.29, 0.717) is 18.6 Å². The Bertz CT molecular complexity index is 180. The first kappa shape index (κ1) is 8.47. The molecule has 1 atom stereocenters. The van der Waals surface area contributed by atoms with E-state index in [-0.39, 0.29) is 6.10 Å². The van der Waals surface area contributed by atoms with E-state index < -0.39 is 0 Å². The number of aliphatic hydroxyl groups excluding tert-OH is 1. The molecule has 0 heterocycles. The Kier molecular flexibility index (Phi) is 2.83. The van der Waals surface area contributed by atoms with Crippen LogP contribution in [0.15, 0.2) is 11.6 Å². The third-order valence-corrected chi connectivity index (χ3v) is 2.06. The molecule has 0 aromatic heterocycles. The van der Waals surface area contributed by atoms with E-state index in [1.165, 1.54) is 0 Å². The highest BCUT2D eigenvalue weighted by atomic mass is 16.3. The zero-order chi connectivity index (χ0) is 8.27. The highest BCUT2D eigenvalue weighted by Crippen LogP contribution is 2.17. The van der Waals surface area contributed by atoms with Crippen molar-refractivity contribution in [3.63, 3.8) is 0 Å². The van der Waals surface area contributed by atoms with Gasteiger partial charge in [0, 0.05) is 12.8 Å². The van der Waals surface area contributed by atoms with Crippen molar-refractivity contribution in [1.82, 2.24) is 0 Å². The SMILES string of the molecule is CC(O)C1=CCCC(=O)CC1. The van der Waals surface area contributed by atoms with Gasteiger partial charge in [-0.1, -0.05) is 6.08 Å². The van der Waals surface area contributed by atoms with Crippen molar-refractivity contribution in [2.75, 3.05) is 0 Å². The summed E-state index contributed by atoms with van der Waals surface area (Å²) in [4.78, 5) is 10.9. The predicted molar refractivity (Wildman–Crippen MR) is 43.2 cm³/mol. The second-order valence-corrected chi connectivity index (χ2v) is 3.03. The van der Waals surface area contributed by atoms with Crippen molar-refractivity contribution >= 4 is 5.78 Å². The van der Waals surface area contributed by atoms with Crippen molar-refractivity contribution in [3.05, 3.63) is 11.6 Å². The molecule has 2 nitrogen and oxygen atoms in total. The minimum atomic E-state index is -0.374. The van der Waals surface area contributed by atoms with Crippen LogP contribution in [0.25, 0.3) is 0 Å². The van der Waals surface area contributed by atoms with Crippen LogP contribution in [0.2, 0.25) is 0 Å². The molecule has 0 amide bonds. The van der Waals surface area contributed by atoms with E-state index in [1.807, 2.05) is 6.08 Å². The molecule has 1 aliphatic rings. The van der Waals surface area contributed by atoms with Crippen molar-refractivity contribution in [2.24, 2.45) is 0 Å². The van der Waals surface area contributed by atoms with Crippen LogP contribution < -0.4 is 0 Å². The van der Waals surface area contributed by atoms with Crippen molar-refractivity contribution < 1.29 is 9.90 Å². The van der Waals surface area contributed by atoms with Crippen LogP contribution in [0, 0.1) is 0 Å². The molecule has 62 valence electrons. The number of allylic oxidation sites excluding steroid dienone is 1. The summed E-state index contributed by atoms with van der Waals surface area (Å²) in [6.45, 7) is 1.75. The number of carbonyl (C=O) groups excluding carboxylic acids is 1. The molecule has 0 bridgehead atoms. The summed E-state index contributed by atoms with van der Waals surface area (Å²) < 4.78 is 0. The fourth-order valence-corrected chi connectivity index (χ4v) is 1.31. The van der Waals surface area contributed by atoms with Crippen LogP contribution in [0.4, 0.5) is 0 Å². The van der Waals surface area contributed by atoms with E-state index in [1.54, 1.807) is 6.92 Å². The Hall–Kier alpha value is -0.630. The van der Waals surface area contributed by atoms with Gasteiger partial charge in [0.05, 0.1) is 6.10 Å². The molecule has 0 fully saturated rings. The van der Waals surface area contributed by atoms with Crippen molar-refractivity contribution in [1.29, 1.82) is 0 Å². The number of Topliss-reactive ketones (excluding diaryl/α,β-unsaturated/α-hetero) is 1. The quantitative estimate of drug-likeness (QED) is 0.580. The van der Waals surface area contributed by atoms with Crippen LogP contribution in [-0.2, 0) is 4.79 Å². The van der Waals surface area contributed by atoms with Gasteiger partial charge in [0.2, 0.25) is 0 Å². The second-order valence-electron chi connectivity index (χ2n) is 3.03. The maximum Gasteiger partial charge on any atom is 0.133 e. The fraction of sp³-hybridized carbons (Fsp3) is 0.667. The molecule has 0 saturated heterocycles. The topological polar surface area (TPSA) is 37.3 Å². The number of aliphatic hydroxyl groups is 1. The van der Waals surface area contributed by atoms with Crippen LogP contribution in [0.1, 0.15) is 32.6 Å². The van der Waals surface area contributed by atoms with E-state index >= 15 is 0 Å². The molecule has 1 aliphatic carbocycles. The number of hydrogen-bond donors (Lipinski definition) is 1. The first-order valence-corrected chi connectivity index (χ1v) is 4.09. The highest BCUT2D eigenvalue weighted by Gasteiger charge is 2.11. The molecular weight excluding hydrogens is 140 g/mol. The van der Waals surface area contributed by atoms with Gasteiger partial charge in [-0.2, -0.15) is 0 Å². The molecule has 11 heavy (non-hydrogen) atoms. The fourth-order valence-electron chi connectivity index (χ4n) is 1.31. The lowest BCUT2D eigenvalue weighted by Gasteiger charge is -2.06. The lowest BCUT2D eigenvalue weighted by atomic mass is 10.1. The molecule has 0 radical (unpaired) electrons. The normalized spacial score (nSPS) is 22.4. The van der Waals surface area contributed by atoms with Gasteiger partial charge >= 0.3 is 0 Å². The van der Waals surface area contributed by atoms with Crippen LogP contribution in [-0.4, -0.2) is 17.0 Å². The second kappa shape index (κ2) is 3.67. The van der Waals surface area contributed by atoms with Gasteiger partial charge in [0.25, 0.3) is 0 Å². The molecule has 0 saturated carbocycles. The molecule has 0 aromatic carbocycles. The van der Waals surface area contributed by atoms with Gasteiger partial charge in [0.15, 0.2) is 0 Å². The Balaban J connectivity index is 2.54. The summed E-state index contributed by atoms with van der Waals surface area (Å²) in [6, 6.07) is 0. The average molecular weight is 154 g/mol. The first-order chi connectivity index (χ1) is 5.20. The molecular formula is C9H14O2. The Morgan fingerprint density at radius 2 is 2.18 bits per heavy atom. The molecule has 1 N–H and O–H groups in total. The van der Waals surface area contributed by atoms with Crippen LogP contribution in [0.3, 0.4) is 0 Å². The number of ketones is 1. The summed E-state index contributed by atoms with van der Waals surface area (Å²) in [7, 11) is 0. The molecule has 0 aromatic rings. The van der Waals surface area contributed by atoms with E-state index in [2.05, 4.69) is 0 Å². The number of hydrogen-bond acceptors (Lipinski definition) is 2. The molecule has 2 heteroatoms. The molecule has 1 unspecified atom stereocenters. The summed E-state index contributed by atoms with van der Waals surface area (Å²) in [5, 5.41) is 9.21. The third kappa shape index (κ3) is 2.46. The smallest absolute Gasteiger partial charge is 0.133 e. The monoisotopic (exact) mass is 154 g/mol. The summed E-state index contributed by atoms with van der Waals surface area (Å²) >= 11 is 0. The summed E-state index contributed by atoms with van der Waals surface area (Å²) in [5.74, 6) is 0.317. The maximum atomic E-state index is 10.9. The summed E-state index contributed by atoms with van der Waals surface area (Å²) in [5.41, 5.74) is 1.02. The molecule has 1 rings (SSSR count). The first-order valence-electron chi connectivity index (χ1n) is 4.09. The van der Waals surface area contributed by atoms with E-state index in [0.717, 1.165) is 18.4 Å². The van der Waals surface area contributed by atoms with Gasteiger partial charge < -0.3 is 5.11 Å². The standard InChI is InChI=1S/C9H14O2/c1-7(10)8-3-2-4-9(11)6-5-8/h3,7,10H,2,4-6H2,1H3. The highest BCUT2D eigenvalue weighted by molar-refractivity contribution is 5.79. The minimum absolute atomic E-state index is 0.317. The van der Waals surface area contributed by atoms with Gasteiger partial charge in [-0.15, -0.1) is 0 Å². The lowest BCUT2D eigenvalue weighted by Crippen LogP contribution is -2.04. The Labute approximate surface area is 66.9 Å². The minimum Gasteiger partial charge on any atom is -0.389 e. The molecule has 0 spiro atoms. The van der Waals surface area contributed by atoms with Gasteiger partial charge in [0.1, 0.15) is 5.78 Å².